The summed E-state index contributed by atoms with van der Waals surface area (Å²) in [6.45, 7) is 6.01. The average Bonchev–Trinajstić information content (AvgIpc) is 2.76. The summed E-state index contributed by atoms with van der Waals surface area (Å²) in [6.07, 6.45) is 2.73. The average molecular weight is 430 g/mol. The summed E-state index contributed by atoms with van der Waals surface area (Å²) < 4.78 is 33.6. The second-order valence-corrected chi connectivity index (χ2v) is 10.6. The molecule has 0 aromatic heterocycles. The molecule has 1 aliphatic carbocycles. The van der Waals surface area contributed by atoms with E-state index in [4.69, 9.17) is 4.74 Å². The zero-order valence-electron chi connectivity index (χ0n) is 14.8. The Balaban J connectivity index is 1.67. The first-order valence-corrected chi connectivity index (χ1v) is 10.8. The van der Waals surface area contributed by atoms with Crippen LogP contribution in [0.2, 0.25) is 0 Å². The Hall–Kier alpha value is -0.920. The van der Waals surface area contributed by atoms with Gasteiger partial charge in [0.1, 0.15) is 5.60 Å². The van der Waals surface area contributed by atoms with Gasteiger partial charge in [0, 0.05) is 17.1 Å². The van der Waals surface area contributed by atoms with E-state index in [0.29, 0.717) is 37.1 Å². The van der Waals surface area contributed by atoms with E-state index in [-0.39, 0.29) is 17.9 Å². The molecule has 1 saturated carbocycles. The van der Waals surface area contributed by atoms with E-state index in [1.807, 2.05) is 26.8 Å². The summed E-state index contributed by atoms with van der Waals surface area (Å²) in [6, 6.07) is 5.26. The number of hydrogen-bond donors (Lipinski definition) is 0. The minimum atomic E-state index is -3.43. The molecule has 0 bridgehead atoms. The first kappa shape index (κ1) is 18.9. The Morgan fingerprint density at radius 3 is 2.44 bits per heavy atom. The number of carbonyl (C=O) groups is 1. The number of hydrogen-bond acceptors (Lipinski definition) is 4. The second kappa shape index (κ2) is 6.67. The topological polar surface area (TPSA) is 63.7 Å². The van der Waals surface area contributed by atoms with Gasteiger partial charge in [0.25, 0.3) is 0 Å². The fraction of sp³-hybridized carbons (Fsp3) is 0.611. The van der Waals surface area contributed by atoms with Crippen LogP contribution >= 0.6 is 15.9 Å². The fourth-order valence-electron chi connectivity index (χ4n) is 3.61. The molecule has 7 heteroatoms. The van der Waals surface area contributed by atoms with E-state index >= 15 is 0 Å². The molecule has 0 spiro atoms. The number of halogens is 1. The van der Waals surface area contributed by atoms with E-state index in [2.05, 4.69) is 15.9 Å². The van der Waals surface area contributed by atoms with Crippen LogP contribution in [0.4, 0.5) is 0 Å². The van der Waals surface area contributed by atoms with Crippen LogP contribution in [0.3, 0.4) is 0 Å². The van der Waals surface area contributed by atoms with Crippen molar-refractivity contribution in [3.63, 3.8) is 0 Å². The fourth-order valence-corrected chi connectivity index (χ4v) is 5.88. The molecule has 1 aliphatic heterocycles. The number of sulfonamides is 1. The predicted molar refractivity (Wildman–Crippen MR) is 98.5 cm³/mol. The molecule has 0 amide bonds. The molecule has 0 atom stereocenters. The van der Waals surface area contributed by atoms with Gasteiger partial charge in [-0.3, -0.25) is 4.79 Å². The molecule has 0 saturated heterocycles. The highest BCUT2D eigenvalue weighted by atomic mass is 79.9. The summed E-state index contributed by atoms with van der Waals surface area (Å²) in [5.74, 6) is -0.292. The summed E-state index contributed by atoms with van der Waals surface area (Å²) in [7, 11) is -3.43. The summed E-state index contributed by atoms with van der Waals surface area (Å²) >= 11 is 3.40. The van der Waals surface area contributed by atoms with Crippen LogP contribution in [0.25, 0.3) is 0 Å². The quantitative estimate of drug-likeness (QED) is 0.669. The molecule has 1 aromatic carbocycles. The summed E-state index contributed by atoms with van der Waals surface area (Å²) in [5.41, 5.74) is 0.352. The lowest BCUT2D eigenvalue weighted by molar-refractivity contribution is -0.161. The highest BCUT2D eigenvalue weighted by Crippen LogP contribution is 2.38. The number of ether oxygens (including phenoxy) is 1. The van der Waals surface area contributed by atoms with Crippen LogP contribution in [0.1, 0.15) is 52.0 Å². The minimum absolute atomic E-state index is 0.0464. The van der Waals surface area contributed by atoms with Crippen molar-refractivity contribution in [1.82, 2.24) is 4.31 Å². The van der Waals surface area contributed by atoms with Crippen molar-refractivity contribution in [2.75, 3.05) is 0 Å². The Bertz CT molecular complexity index is 777. The standard InChI is InChI=1S/C18H24BrNO4S/c1-18(2,3)24-17(21)12-4-7-15(8-5-12)20-11-13-10-14(19)6-9-16(13)25(20,22)23/h6,9-10,12,15H,4-5,7-8,11H2,1-3H3/t12-,15-. The molecule has 3 rings (SSSR count). The van der Waals surface area contributed by atoms with E-state index < -0.39 is 15.6 Å². The van der Waals surface area contributed by atoms with E-state index in [1.165, 1.54) is 0 Å². The number of benzene rings is 1. The highest BCUT2D eigenvalue weighted by Gasteiger charge is 2.41. The van der Waals surface area contributed by atoms with Gasteiger partial charge in [-0.2, -0.15) is 4.31 Å². The molecule has 138 valence electrons. The number of esters is 1. The molecule has 1 fully saturated rings. The summed E-state index contributed by atoms with van der Waals surface area (Å²) in [4.78, 5) is 12.6. The van der Waals surface area contributed by atoms with Gasteiger partial charge in [-0.25, -0.2) is 8.42 Å². The normalized spacial score (nSPS) is 26.2. The first-order valence-electron chi connectivity index (χ1n) is 8.61. The van der Waals surface area contributed by atoms with Gasteiger partial charge in [-0.15, -0.1) is 0 Å². The molecule has 0 N–H and O–H groups in total. The van der Waals surface area contributed by atoms with Gasteiger partial charge in [-0.05, 0) is 70.2 Å². The van der Waals surface area contributed by atoms with E-state index in [0.717, 1.165) is 10.0 Å². The van der Waals surface area contributed by atoms with Crippen molar-refractivity contribution >= 4 is 31.9 Å². The molecule has 1 heterocycles. The van der Waals surface area contributed by atoms with Crippen molar-refractivity contribution in [3.8, 4) is 0 Å². The monoisotopic (exact) mass is 429 g/mol. The number of carbonyl (C=O) groups excluding carboxylic acids is 1. The Morgan fingerprint density at radius 1 is 1.20 bits per heavy atom. The van der Waals surface area contributed by atoms with Crippen LogP contribution < -0.4 is 0 Å². The molecular weight excluding hydrogens is 406 g/mol. The van der Waals surface area contributed by atoms with Gasteiger partial charge in [0.2, 0.25) is 10.0 Å². The van der Waals surface area contributed by atoms with Gasteiger partial charge in [-0.1, -0.05) is 15.9 Å². The van der Waals surface area contributed by atoms with Crippen molar-refractivity contribution in [1.29, 1.82) is 0 Å². The Morgan fingerprint density at radius 2 is 1.84 bits per heavy atom. The third kappa shape index (κ3) is 3.93. The van der Waals surface area contributed by atoms with Crippen molar-refractivity contribution in [3.05, 3.63) is 28.2 Å². The van der Waals surface area contributed by atoms with E-state index in [9.17, 15) is 13.2 Å². The largest absolute Gasteiger partial charge is 0.460 e. The smallest absolute Gasteiger partial charge is 0.309 e. The zero-order chi connectivity index (χ0) is 18.4. The molecule has 5 nitrogen and oxygen atoms in total. The van der Waals surface area contributed by atoms with Crippen molar-refractivity contribution in [2.45, 2.75) is 69.5 Å². The van der Waals surface area contributed by atoms with Crippen molar-refractivity contribution in [2.24, 2.45) is 5.92 Å². The van der Waals surface area contributed by atoms with Crippen LogP contribution in [0, 0.1) is 5.92 Å². The third-order valence-corrected chi connectivity index (χ3v) is 7.27. The van der Waals surface area contributed by atoms with Gasteiger partial charge in [0.05, 0.1) is 10.8 Å². The highest BCUT2D eigenvalue weighted by molar-refractivity contribution is 9.10. The molecule has 25 heavy (non-hydrogen) atoms. The molecule has 1 aromatic rings. The minimum Gasteiger partial charge on any atom is -0.460 e. The maximum Gasteiger partial charge on any atom is 0.309 e. The van der Waals surface area contributed by atoms with Crippen LogP contribution in [0.15, 0.2) is 27.6 Å². The van der Waals surface area contributed by atoms with Crippen LogP contribution in [0.5, 0.6) is 0 Å². The SMILES string of the molecule is CC(C)(C)OC(=O)[C@H]1CC[C@H](N2Cc3cc(Br)ccc3S2(=O)=O)CC1. The lowest BCUT2D eigenvalue weighted by Gasteiger charge is -2.33. The molecule has 2 aliphatic rings. The van der Waals surface area contributed by atoms with Crippen LogP contribution in [-0.2, 0) is 26.1 Å². The number of fused-ring (bicyclic) bond motifs is 1. The maximum absolute atomic E-state index is 12.8. The van der Waals surface area contributed by atoms with Gasteiger partial charge in [0.15, 0.2) is 0 Å². The predicted octanol–water partition coefficient (Wildman–Crippen LogP) is 3.85. The van der Waals surface area contributed by atoms with Crippen LogP contribution in [-0.4, -0.2) is 30.3 Å². The zero-order valence-corrected chi connectivity index (χ0v) is 17.2. The summed E-state index contributed by atoms with van der Waals surface area (Å²) in [5, 5.41) is 0. The molecule has 0 radical (unpaired) electrons. The van der Waals surface area contributed by atoms with E-state index in [1.54, 1.807) is 16.4 Å². The maximum atomic E-state index is 12.8. The van der Waals surface area contributed by atoms with Gasteiger partial charge >= 0.3 is 5.97 Å². The molecular formula is C18H24BrNO4S. The second-order valence-electron chi connectivity index (χ2n) is 7.84. The number of rotatable bonds is 2. The Labute approximate surface area is 157 Å². The van der Waals surface area contributed by atoms with Gasteiger partial charge < -0.3 is 4.74 Å². The first-order chi connectivity index (χ1) is 11.6. The lowest BCUT2D eigenvalue weighted by atomic mass is 9.86. The lowest BCUT2D eigenvalue weighted by Crippen LogP contribution is -2.40. The number of nitrogens with zero attached hydrogens (tertiary/aromatic N) is 1. The third-order valence-electron chi connectivity index (χ3n) is 4.78. The van der Waals surface area contributed by atoms with Crippen molar-refractivity contribution < 1.29 is 17.9 Å². The molecule has 0 unspecified atom stereocenters. The Kier molecular flexibility index (Phi) is 5.03.